The summed E-state index contributed by atoms with van der Waals surface area (Å²) < 4.78 is 0. The highest BCUT2D eigenvalue weighted by Gasteiger charge is 2.01. The van der Waals surface area contributed by atoms with Crippen LogP contribution in [0.4, 0.5) is 0 Å². The Morgan fingerprint density at radius 1 is 0.680 bits per heavy atom. The van der Waals surface area contributed by atoms with Crippen molar-refractivity contribution in [1.82, 2.24) is 4.98 Å². The molecule has 25 heavy (non-hydrogen) atoms. The topological polar surface area (TPSA) is 12.9 Å². The number of nitrogens with zero attached hydrogens (tertiary/aromatic N) is 1. The van der Waals surface area contributed by atoms with Crippen LogP contribution < -0.4 is 0 Å². The van der Waals surface area contributed by atoms with Crippen molar-refractivity contribution in [2.45, 2.75) is 90.4 Å². The van der Waals surface area contributed by atoms with Gasteiger partial charge in [0.15, 0.2) is 0 Å². The van der Waals surface area contributed by atoms with Gasteiger partial charge >= 0.3 is 0 Å². The van der Waals surface area contributed by atoms with E-state index in [0.717, 1.165) is 6.42 Å². The van der Waals surface area contributed by atoms with E-state index in [1.165, 1.54) is 93.5 Å². The molecule has 0 bridgehead atoms. The number of aromatic nitrogens is 1. The average Bonchev–Trinajstić information content (AvgIpc) is 2.63. The van der Waals surface area contributed by atoms with Crippen molar-refractivity contribution in [3.63, 3.8) is 0 Å². The molecule has 0 atom stereocenters. The van der Waals surface area contributed by atoms with Crippen LogP contribution >= 0.6 is 12.4 Å². The van der Waals surface area contributed by atoms with Crippen molar-refractivity contribution in [2.75, 3.05) is 0 Å². The van der Waals surface area contributed by atoms with Crippen molar-refractivity contribution in [3.8, 4) is 0 Å². The highest BCUT2D eigenvalue weighted by atomic mass is 35.5. The molecule has 140 valence electrons. The van der Waals surface area contributed by atoms with Gasteiger partial charge in [0, 0.05) is 17.3 Å². The molecule has 1 aromatic heterocycles. The van der Waals surface area contributed by atoms with E-state index in [0.29, 0.717) is 0 Å². The van der Waals surface area contributed by atoms with Gasteiger partial charge in [0.1, 0.15) is 0 Å². The molecule has 2 heteroatoms. The van der Waals surface area contributed by atoms with E-state index in [9.17, 15) is 0 Å². The van der Waals surface area contributed by atoms with Gasteiger partial charge in [0.25, 0.3) is 0 Å². The molecule has 1 nitrogen and oxygen atoms in total. The fourth-order valence-corrected chi connectivity index (χ4v) is 3.51. The number of unbranched alkanes of at least 4 members (excludes halogenated alkanes) is 11. The van der Waals surface area contributed by atoms with Gasteiger partial charge in [-0.05, 0) is 24.3 Å². The Bertz CT molecular complexity index is 562. The first-order chi connectivity index (χ1) is 11.9. The smallest absolute Gasteiger partial charge is 0.0481 e. The predicted octanol–water partition coefficient (Wildman–Crippen LogP) is 7.90. The van der Waals surface area contributed by atoms with E-state index in [2.05, 4.69) is 42.2 Å². The fourth-order valence-electron chi connectivity index (χ4n) is 3.51. The Morgan fingerprint density at radius 3 is 1.88 bits per heavy atom. The maximum Gasteiger partial charge on any atom is 0.0481 e. The van der Waals surface area contributed by atoms with Crippen molar-refractivity contribution >= 4 is 23.2 Å². The number of hydrogen-bond donors (Lipinski definition) is 0. The maximum atomic E-state index is 4.60. The Morgan fingerprint density at radius 2 is 1.24 bits per heavy atom. The van der Waals surface area contributed by atoms with Gasteiger partial charge in [-0.3, -0.25) is 4.98 Å². The number of rotatable bonds is 13. The van der Waals surface area contributed by atoms with Crippen LogP contribution in [0.3, 0.4) is 0 Å². The molecule has 0 N–H and O–H groups in total. The lowest BCUT2D eigenvalue weighted by molar-refractivity contribution is 0.543. The predicted molar refractivity (Wildman–Crippen MR) is 114 cm³/mol. The summed E-state index contributed by atoms with van der Waals surface area (Å²) in [5.74, 6) is 0. The molecule has 0 saturated heterocycles. The van der Waals surface area contributed by atoms with Crippen molar-refractivity contribution in [1.29, 1.82) is 0 Å². The van der Waals surface area contributed by atoms with E-state index in [1.807, 2.05) is 6.20 Å². The number of hydrogen-bond acceptors (Lipinski definition) is 1. The van der Waals surface area contributed by atoms with Crippen molar-refractivity contribution < 1.29 is 0 Å². The number of aryl methyl sites for hydroxylation is 1. The average molecular weight is 362 g/mol. The molecular weight excluding hydrogens is 326 g/mol. The molecule has 0 saturated carbocycles. The van der Waals surface area contributed by atoms with Crippen LogP contribution in [0.15, 0.2) is 36.5 Å². The van der Waals surface area contributed by atoms with E-state index in [-0.39, 0.29) is 12.4 Å². The normalized spacial score (nSPS) is 10.8. The highest BCUT2D eigenvalue weighted by Crippen LogP contribution is 2.19. The van der Waals surface area contributed by atoms with Crippen LogP contribution in [0.25, 0.3) is 10.8 Å². The lowest BCUT2D eigenvalue weighted by Gasteiger charge is -2.06. The Balaban J connectivity index is 0.00000312. The molecule has 1 heterocycles. The zero-order valence-corrected chi connectivity index (χ0v) is 16.8. The summed E-state index contributed by atoms with van der Waals surface area (Å²) >= 11 is 0. The van der Waals surface area contributed by atoms with E-state index >= 15 is 0 Å². The zero-order chi connectivity index (χ0) is 16.9. The number of pyridine rings is 1. The third-order valence-corrected chi connectivity index (χ3v) is 5.02. The minimum atomic E-state index is 0. The van der Waals surface area contributed by atoms with Gasteiger partial charge in [0.05, 0.1) is 0 Å². The van der Waals surface area contributed by atoms with Gasteiger partial charge in [-0.25, -0.2) is 0 Å². The molecule has 2 aromatic rings. The van der Waals surface area contributed by atoms with Gasteiger partial charge in [0.2, 0.25) is 0 Å². The number of halogens is 1. The Labute approximate surface area is 161 Å². The summed E-state index contributed by atoms with van der Waals surface area (Å²) in [4.78, 5) is 4.60. The second-order valence-corrected chi connectivity index (χ2v) is 7.12. The Kier molecular flexibility index (Phi) is 12.4. The summed E-state index contributed by atoms with van der Waals surface area (Å²) in [6.45, 7) is 2.29. The summed E-state index contributed by atoms with van der Waals surface area (Å²) in [7, 11) is 0. The van der Waals surface area contributed by atoms with Crippen LogP contribution in [0.5, 0.6) is 0 Å². The van der Waals surface area contributed by atoms with E-state index < -0.39 is 0 Å². The SMILES string of the molecule is CCCCCCCCCCCCCCc1nccc2ccccc12.Cl. The third-order valence-electron chi connectivity index (χ3n) is 5.02. The van der Waals surface area contributed by atoms with Gasteiger partial charge in [-0.2, -0.15) is 0 Å². The highest BCUT2D eigenvalue weighted by molar-refractivity contribution is 5.85. The molecule has 0 aliphatic carbocycles. The minimum absolute atomic E-state index is 0. The summed E-state index contributed by atoms with van der Waals surface area (Å²) in [6, 6.07) is 10.7. The first-order valence-electron chi connectivity index (χ1n) is 10.2. The Hall–Kier alpha value is -1.08. The third kappa shape index (κ3) is 8.72. The standard InChI is InChI=1S/C23H35N.ClH/c1-2-3-4-5-6-7-8-9-10-11-12-13-18-23-22-17-15-14-16-21(22)19-20-24-23;/h14-17,19-20H,2-13,18H2,1H3;1H. The molecular formula is C23H36ClN. The van der Waals surface area contributed by atoms with Crippen LogP contribution in [-0.4, -0.2) is 4.98 Å². The molecule has 0 radical (unpaired) electrons. The van der Waals surface area contributed by atoms with Crippen LogP contribution in [-0.2, 0) is 6.42 Å². The van der Waals surface area contributed by atoms with Crippen molar-refractivity contribution in [2.24, 2.45) is 0 Å². The summed E-state index contributed by atoms with van der Waals surface area (Å²) in [5.41, 5.74) is 1.28. The molecule has 0 aliphatic heterocycles. The monoisotopic (exact) mass is 361 g/mol. The van der Waals surface area contributed by atoms with E-state index in [1.54, 1.807) is 0 Å². The number of benzene rings is 1. The van der Waals surface area contributed by atoms with Crippen LogP contribution in [0.1, 0.15) is 89.7 Å². The zero-order valence-electron chi connectivity index (χ0n) is 16.0. The fraction of sp³-hybridized carbons (Fsp3) is 0.609. The second-order valence-electron chi connectivity index (χ2n) is 7.12. The first-order valence-corrected chi connectivity index (χ1v) is 10.2. The summed E-state index contributed by atoms with van der Waals surface area (Å²) in [6.07, 6.45) is 20.0. The lowest BCUT2D eigenvalue weighted by atomic mass is 10.0. The van der Waals surface area contributed by atoms with Crippen molar-refractivity contribution in [3.05, 3.63) is 42.2 Å². The minimum Gasteiger partial charge on any atom is -0.261 e. The lowest BCUT2D eigenvalue weighted by Crippen LogP contribution is -1.92. The van der Waals surface area contributed by atoms with Crippen LogP contribution in [0, 0.1) is 0 Å². The molecule has 0 amide bonds. The molecule has 0 fully saturated rings. The van der Waals surface area contributed by atoms with E-state index in [4.69, 9.17) is 0 Å². The molecule has 1 aromatic carbocycles. The van der Waals surface area contributed by atoms with Gasteiger partial charge in [-0.1, -0.05) is 102 Å². The quantitative estimate of drug-likeness (QED) is 0.330. The maximum absolute atomic E-state index is 4.60. The molecule has 2 rings (SSSR count). The number of fused-ring (bicyclic) bond motifs is 1. The summed E-state index contributed by atoms with van der Waals surface area (Å²) in [5, 5.41) is 2.66. The molecule has 0 unspecified atom stereocenters. The van der Waals surface area contributed by atoms with Gasteiger partial charge < -0.3 is 0 Å². The van der Waals surface area contributed by atoms with Crippen LogP contribution in [0.2, 0.25) is 0 Å². The first kappa shape index (κ1) is 22.0. The van der Waals surface area contributed by atoms with Gasteiger partial charge in [-0.15, -0.1) is 12.4 Å². The second kappa shape index (κ2) is 14.1. The molecule has 0 spiro atoms. The molecule has 0 aliphatic rings. The largest absolute Gasteiger partial charge is 0.261 e.